The third kappa shape index (κ3) is 7.32. The minimum absolute atomic E-state index is 0.111. The summed E-state index contributed by atoms with van der Waals surface area (Å²) in [6, 6.07) is 17.3. The van der Waals surface area contributed by atoms with Gasteiger partial charge in [-0.1, -0.05) is 66.2 Å². The highest BCUT2D eigenvalue weighted by atomic mass is 35.5. The number of nitrogens with zero attached hydrogens (tertiary/aromatic N) is 2. The number of thiazole rings is 1. The minimum atomic E-state index is -3.92. The molecule has 0 spiro atoms. The number of ether oxygens (including phenoxy) is 1. The number of nitrogens with one attached hydrogen (secondary N) is 2. The van der Waals surface area contributed by atoms with Crippen molar-refractivity contribution in [3.8, 4) is 26.9 Å². The van der Waals surface area contributed by atoms with Crippen LogP contribution in [0.5, 0.6) is 5.88 Å². The number of allylic oxidation sites excluding steroid dienone is 1. The van der Waals surface area contributed by atoms with Crippen LogP contribution in [0, 0.1) is 17.8 Å². The number of amides is 3. The summed E-state index contributed by atoms with van der Waals surface area (Å²) in [5.74, 6) is -2.60. The van der Waals surface area contributed by atoms with E-state index in [9.17, 15) is 22.8 Å². The molecular formula is C38H43ClN4O6S2. The van der Waals surface area contributed by atoms with Gasteiger partial charge < -0.3 is 15.0 Å². The van der Waals surface area contributed by atoms with E-state index in [2.05, 4.69) is 10.0 Å². The molecule has 0 saturated heterocycles. The van der Waals surface area contributed by atoms with Crippen LogP contribution < -0.4 is 14.8 Å². The lowest BCUT2D eigenvalue weighted by Gasteiger charge is -2.37. The molecule has 13 heteroatoms. The van der Waals surface area contributed by atoms with Gasteiger partial charge in [-0.25, -0.2) is 13.4 Å². The molecule has 10 nitrogen and oxygen atoms in total. The number of hydrogen-bond acceptors (Lipinski definition) is 8. The van der Waals surface area contributed by atoms with Crippen molar-refractivity contribution in [3.05, 3.63) is 71.8 Å². The van der Waals surface area contributed by atoms with E-state index in [1.165, 1.54) is 11.3 Å². The van der Waals surface area contributed by atoms with Gasteiger partial charge in [0.2, 0.25) is 27.7 Å². The van der Waals surface area contributed by atoms with E-state index >= 15 is 0 Å². The maximum Gasteiger partial charge on any atom is 0.259 e. The van der Waals surface area contributed by atoms with Gasteiger partial charge in [0.25, 0.3) is 5.91 Å². The third-order valence-corrected chi connectivity index (χ3v) is 14.5. The van der Waals surface area contributed by atoms with E-state index in [1.807, 2.05) is 66.7 Å². The van der Waals surface area contributed by atoms with E-state index in [1.54, 1.807) is 18.9 Å². The fourth-order valence-corrected chi connectivity index (χ4v) is 9.65. The quantitative estimate of drug-likeness (QED) is 0.268. The maximum absolute atomic E-state index is 14.4. The first-order valence-corrected chi connectivity index (χ1v) is 20.4. The second kappa shape index (κ2) is 14.0. The van der Waals surface area contributed by atoms with Gasteiger partial charge in [0, 0.05) is 36.0 Å². The van der Waals surface area contributed by atoms with Gasteiger partial charge in [0.15, 0.2) is 0 Å². The Labute approximate surface area is 308 Å². The number of rotatable bonds is 7. The first-order chi connectivity index (χ1) is 24.4. The summed E-state index contributed by atoms with van der Waals surface area (Å²) in [6.45, 7) is 2.20. The molecule has 4 aliphatic rings. The number of fused-ring (bicyclic) bond motifs is 2. The summed E-state index contributed by atoms with van der Waals surface area (Å²) >= 11 is 7.66. The van der Waals surface area contributed by atoms with E-state index in [0.29, 0.717) is 43.1 Å². The Morgan fingerprint density at radius 2 is 1.78 bits per heavy atom. The van der Waals surface area contributed by atoms with Crippen molar-refractivity contribution in [2.75, 3.05) is 13.6 Å². The predicted molar refractivity (Wildman–Crippen MR) is 198 cm³/mol. The number of aromatic nitrogens is 1. The molecule has 2 aromatic carbocycles. The molecule has 0 bridgehead atoms. The van der Waals surface area contributed by atoms with Crippen molar-refractivity contribution in [3.63, 3.8) is 0 Å². The number of hydrogen-bond donors (Lipinski definition) is 2. The standard InChI is InChI=1S/C38H43ClN4O6S2/c1-37(19-20-37)51(47,48)42-36(46)38-23-26(38)12-8-3-4-9-21-43(2)35(45)29-18-17-28(22-30(29)32(44)41-38)49-33-31(24-10-6-5-7-11-24)50-34(40-33)25-13-15-27(39)16-14-25/h5-8,10-16,26,28-30H,3-4,9,17-23H2,1-2H3,(H,41,44)(H,42,46)/b12-8-/t26-,28-,29+,30+,38+/m0/s1. The molecule has 5 atom stereocenters. The minimum Gasteiger partial charge on any atom is -0.473 e. The van der Waals surface area contributed by atoms with Crippen LogP contribution in [-0.2, 0) is 24.4 Å². The monoisotopic (exact) mass is 750 g/mol. The van der Waals surface area contributed by atoms with Crippen molar-refractivity contribution in [1.82, 2.24) is 19.9 Å². The molecule has 270 valence electrons. The van der Waals surface area contributed by atoms with E-state index < -0.39 is 50.1 Å². The van der Waals surface area contributed by atoms with Crippen LogP contribution in [0.3, 0.4) is 0 Å². The normalized spacial score (nSPS) is 28.3. The smallest absolute Gasteiger partial charge is 0.259 e. The second-order valence-corrected chi connectivity index (χ2v) is 18.3. The van der Waals surface area contributed by atoms with Crippen molar-refractivity contribution in [2.45, 2.75) is 81.1 Å². The third-order valence-electron chi connectivity index (χ3n) is 10.9. The van der Waals surface area contributed by atoms with Gasteiger partial charge in [-0.05, 0) is 82.4 Å². The molecule has 3 aromatic rings. The molecule has 2 N–H and O–H groups in total. The van der Waals surface area contributed by atoms with Crippen LogP contribution in [0.25, 0.3) is 21.0 Å². The summed E-state index contributed by atoms with van der Waals surface area (Å²) in [6.07, 6.45) is 8.30. The van der Waals surface area contributed by atoms with E-state index in [4.69, 9.17) is 21.3 Å². The van der Waals surface area contributed by atoms with Crippen molar-refractivity contribution < 1.29 is 27.5 Å². The summed E-state index contributed by atoms with van der Waals surface area (Å²) < 4.78 is 34.2. The summed E-state index contributed by atoms with van der Waals surface area (Å²) in [4.78, 5) is 49.5. The molecule has 3 fully saturated rings. The molecule has 1 aliphatic heterocycles. The highest BCUT2D eigenvalue weighted by Crippen LogP contribution is 2.48. The van der Waals surface area contributed by atoms with Gasteiger partial charge in [0.05, 0.1) is 15.5 Å². The lowest BCUT2D eigenvalue weighted by Crippen LogP contribution is -2.56. The molecule has 2 heterocycles. The van der Waals surface area contributed by atoms with Gasteiger partial charge in [-0.2, -0.15) is 0 Å². The molecule has 7 rings (SSSR count). The molecule has 3 aliphatic carbocycles. The average Bonchev–Trinajstić information content (AvgIpc) is 4.00. The van der Waals surface area contributed by atoms with Gasteiger partial charge in [-0.15, -0.1) is 11.3 Å². The Kier molecular flexibility index (Phi) is 9.79. The lowest BCUT2D eigenvalue weighted by atomic mass is 9.76. The predicted octanol–water partition coefficient (Wildman–Crippen LogP) is 6.37. The Bertz CT molecular complexity index is 1950. The molecule has 0 radical (unpaired) electrons. The van der Waals surface area contributed by atoms with Gasteiger partial charge in [-0.3, -0.25) is 19.1 Å². The van der Waals surface area contributed by atoms with Crippen molar-refractivity contribution >= 4 is 50.7 Å². The SMILES string of the molecule is CN1CCCC/C=C\[C@H]2C[C@@]2(C(=O)NS(=O)(=O)C2(C)CC2)NC(=O)[C@@H]2C[C@@H](Oc3nc(-c4ccc(Cl)cc4)sc3-c3ccccc3)CC[C@H]2C1=O. The second-order valence-electron chi connectivity index (χ2n) is 14.6. The van der Waals surface area contributed by atoms with Crippen molar-refractivity contribution in [2.24, 2.45) is 17.8 Å². The Balaban J connectivity index is 1.18. The number of halogens is 1. The molecule has 3 amide bonds. The van der Waals surface area contributed by atoms with Crippen molar-refractivity contribution in [1.29, 1.82) is 0 Å². The molecule has 3 saturated carbocycles. The Hall–Kier alpha value is -3.74. The molecule has 0 unspecified atom stereocenters. The Morgan fingerprint density at radius 1 is 1.04 bits per heavy atom. The van der Waals surface area contributed by atoms with Crippen LogP contribution in [0.15, 0.2) is 66.7 Å². The van der Waals surface area contributed by atoms with Crippen LogP contribution in [-0.4, -0.2) is 66.0 Å². The number of carbonyl (C=O) groups is 3. The van der Waals surface area contributed by atoms with Crippen LogP contribution >= 0.6 is 22.9 Å². The van der Waals surface area contributed by atoms with Gasteiger partial charge in [0.1, 0.15) is 16.7 Å². The molecule has 51 heavy (non-hydrogen) atoms. The highest BCUT2D eigenvalue weighted by molar-refractivity contribution is 7.91. The fourth-order valence-electron chi connectivity index (χ4n) is 7.20. The maximum atomic E-state index is 14.4. The lowest BCUT2D eigenvalue weighted by molar-refractivity contribution is -0.145. The first-order valence-electron chi connectivity index (χ1n) is 17.7. The fraction of sp³-hybridized carbons (Fsp3) is 0.474. The van der Waals surface area contributed by atoms with Crippen LogP contribution in [0.4, 0.5) is 0 Å². The highest BCUT2D eigenvalue weighted by Gasteiger charge is 2.63. The molecule has 1 aromatic heterocycles. The van der Waals surface area contributed by atoms with Crippen LogP contribution in [0.1, 0.15) is 64.7 Å². The van der Waals surface area contributed by atoms with E-state index in [0.717, 1.165) is 40.3 Å². The average molecular weight is 751 g/mol. The summed E-state index contributed by atoms with van der Waals surface area (Å²) in [7, 11) is -2.15. The van der Waals surface area contributed by atoms with Crippen LogP contribution in [0.2, 0.25) is 5.02 Å². The summed E-state index contributed by atoms with van der Waals surface area (Å²) in [5.41, 5.74) is 0.433. The van der Waals surface area contributed by atoms with Gasteiger partial charge >= 0.3 is 0 Å². The largest absolute Gasteiger partial charge is 0.473 e. The number of carbonyl (C=O) groups excluding carboxylic acids is 3. The zero-order valence-electron chi connectivity index (χ0n) is 28.8. The Morgan fingerprint density at radius 3 is 2.51 bits per heavy atom. The first kappa shape index (κ1) is 35.7. The topological polar surface area (TPSA) is 135 Å². The summed E-state index contributed by atoms with van der Waals surface area (Å²) in [5, 5.41) is 4.37. The van der Waals surface area contributed by atoms with E-state index in [-0.39, 0.29) is 24.7 Å². The zero-order chi connectivity index (χ0) is 36.0. The number of sulfonamides is 1. The number of benzene rings is 2. The molecular weight excluding hydrogens is 708 g/mol. The zero-order valence-corrected chi connectivity index (χ0v) is 31.2.